The third-order valence-electron chi connectivity index (χ3n) is 5.62. The number of benzene rings is 2. The van der Waals surface area contributed by atoms with E-state index >= 15 is 0 Å². The predicted molar refractivity (Wildman–Crippen MR) is 121 cm³/mol. The van der Waals surface area contributed by atoms with Gasteiger partial charge < -0.3 is 10.6 Å². The summed E-state index contributed by atoms with van der Waals surface area (Å²) in [5.74, 6) is 0.319. The van der Waals surface area contributed by atoms with Crippen LogP contribution < -0.4 is 16.0 Å². The molecule has 0 aliphatic carbocycles. The van der Waals surface area contributed by atoms with Gasteiger partial charge in [-0.2, -0.15) is 0 Å². The second-order valence-electron chi connectivity index (χ2n) is 8.09. The fraction of sp³-hybridized carbons (Fsp3) is 0.348. The smallest absolute Gasteiger partial charge is 0.227 e. The van der Waals surface area contributed by atoms with Gasteiger partial charge in [0.2, 0.25) is 11.9 Å². The largest absolute Gasteiger partial charge is 0.323 e. The van der Waals surface area contributed by atoms with Crippen LogP contribution in [0.4, 0.5) is 5.95 Å². The Labute approximate surface area is 181 Å². The number of aromatic nitrogens is 2. The zero-order valence-corrected chi connectivity index (χ0v) is 18.3. The molecule has 1 saturated heterocycles. The van der Waals surface area contributed by atoms with E-state index < -0.39 is 6.29 Å². The van der Waals surface area contributed by atoms with Crippen LogP contribution in [0.3, 0.4) is 0 Å². The summed E-state index contributed by atoms with van der Waals surface area (Å²) >= 11 is 5.96. The number of nitrogens with zero attached hydrogens (tertiary/aromatic N) is 2. The van der Waals surface area contributed by atoms with Crippen molar-refractivity contribution in [2.75, 3.05) is 5.32 Å². The van der Waals surface area contributed by atoms with Crippen molar-refractivity contribution in [1.29, 1.82) is 0 Å². The number of rotatable bonds is 4. The molecule has 3 aromatic rings. The summed E-state index contributed by atoms with van der Waals surface area (Å²) in [7, 11) is 0. The summed E-state index contributed by atoms with van der Waals surface area (Å²) in [5, 5.41) is 11.4. The van der Waals surface area contributed by atoms with Crippen molar-refractivity contribution in [3.05, 3.63) is 63.8 Å². The van der Waals surface area contributed by atoms with Gasteiger partial charge in [-0.3, -0.25) is 10.1 Å². The Morgan fingerprint density at radius 1 is 1.10 bits per heavy atom. The van der Waals surface area contributed by atoms with Crippen molar-refractivity contribution < 1.29 is 4.79 Å². The van der Waals surface area contributed by atoms with Gasteiger partial charge in [-0.05, 0) is 63.4 Å². The maximum atomic E-state index is 12.8. The summed E-state index contributed by atoms with van der Waals surface area (Å²) in [4.78, 5) is 22.1. The minimum absolute atomic E-state index is 0.00184. The van der Waals surface area contributed by atoms with E-state index in [4.69, 9.17) is 11.6 Å². The summed E-state index contributed by atoms with van der Waals surface area (Å²) in [6.07, 6.45) is 0.213. The first-order chi connectivity index (χ1) is 14.3. The van der Waals surface area contributed by atoms with E-state index in [1.807, 2.05) is 38.1 Å². The van der Waals surface area contributed by atoms with Gasteiger partial charge in [0.15, 0.2) is 6.29 Å². The van der Waals surface area contributed by atoms with Crippen LogP contribution in [0.1, 0.15) is 29.3 Å². The second kappa shape index (κ2) is 8.20. The van der Waals surface area contributed by atoms with Crippen LogP contribution in [0, 0.1) is 26.7 Å². The second-order valence-corrected chi connectivity index (χ2v) is 8.53. The molecule has 1 aromatic heterocycles. The maximum absolute atomic E-state index is 12.8. The topological polar surface area (TPSA) is 78.9 Å². The Morgan fingerprint density at radius 2 is 1.83 bits per heavy atom. The number of halogens is 1. The van der Waals surface area contributed by atoms with Crippen molar-refractivity contribution in [3.8, 4) is 0 Å². The maximum Gasteiger partial charge on any atom is 0.227 e. The fourth-order valence-corrected chi connectivity index (χ4v) is 4.17. The summed E-state index contributed by atoms with van der Waals surface area (Å²) in [6.45, 7) is 8.12. The monoisotopic (exact) mass is 423 g/mol. The average molecular weight is 424 g/mol. The predicted octanol–water partition coefficient (Wildman–Crippen LogP) is 3.87. The van der Waals surface area contributed by atoms with E-state index in [0.29, 0.717) is 17.4 Å². The van der Waals surface area contributed by atoms with Gasteiger partial charge in [0.1, 0.15) is 0 Å². The highest BCUT2D eigenvalue weighted by Gasteiger charge is 2.33. The first-order valence-corrected chi connectivity index (χ1v) is 10.5. The molecule has 7 heteroatoms. The number of carbonyl (C=O) groups excluding carboxylic acids is 1. The van der Waals surface area contributed by atoms with Crippen LogP contribution >= 0.6 is 11.6 Å². The van der Waals surface area contributed by atoms with E-state index in [9.17, 15) is 4.79 Å². The summed E-state index contributed by atoms with van der Waals surface area (Å²) < 4.78 is 0. The molecule has 0 bridgehead atoms. The van der Waals surface area contributed by atoms with Crippen LogP contribution in [-0.4, -0.2) is 28.2 Å². The summed E-state index contributed by atoms with van der Waals surface area (Å²) in [5.41, 5.74) is 5.21. The number of fused-ring (bicyclic) bond motifs is 1. The lowest BCUT2D eigenvalue weighted by Gasteiger charge is -2.36. The SMILES string of the molecule is Cc1cc(C)c2nc(NC3NC(=O)C(Cc4ccc(Cl)cc4)C(C)N3)nc(C)c2c1. The lowest BCUT2D eigenvalue weighted by molar-refractivity contribution is -0.128. The van der Waals surface area contributed by atoms with Gasteiger partial charge in [0.05, 0.1) is 17.1 Å². The lowest BCUT2D eigenvalue weighted by atomic mass is 9.91. The van der Waals surface area contributed by atoms with Gasteiger partial charge >= 0.3 is 0 Å². The first kappa shape index (κ1) is 20.6. The number of nitrogens with one attached hydrogen (secondary N) is 3. The average Bonchev–Trinajstić information content (AvgIpc) is 2.67. The Morgan fingerprint density at radius 3 is 2.53 bits per heavy atom. The molecule has 1 aliphatic heterocycles. The first-order valence-electron chi connectivity index (χ1n) is 10.1. The molecule has 1 aliphatic rings. The van der Waals surface area contributed by atoms with Crippen molar-refractivity contribution in [3.63, 3.8) is 0 Å². The van der Waals surface area contributed by atoms with Gasteiger partial charge in [0, 0.05) is 16.5 Å². The number of carbonyl (C=O) groups is 1. The Balaban J connectivity index is 1.49. The highest BCUT2D eigenvalue weighted by molar-refractivity contribution is 6.30. The number of anilines is 1. The Hall–Kier alpha value is -2.70. The molecular weight excluding hydrogens is 398 g/mol. The normalized spacial score (nSPS) is 21.5. The van der Waals surface area contributed by atoms with Gasteiger partial charge in [-0.25, -0.2) is 9.97 Å². The standard InChI is InChI=1S/C23H26ClN5O/c1-12-9-13(2)20-18(10-12)14(3)25-22(27-20)29-23-26-15(4)19(21(30)28-23)11-16-5-7-17(24)8-6-16/h5-10,15,19,23,26H,11H2,1-4H3,(H,28,30)(H,25,27,29). The molecule has 1 amide bonds. The zero-order valence-electron chi connectivity index (χ0n) is 17.6. The number of hydrogen-bond acceptors (Lipinski definition) is 5. The van der Waals surface area contributed by atoms with Crippen LogP contribution in [0.25, 0.3) is 10.9 Å². The molecule has 3 atom stereocenters. The van der Waals surface area contributed by atoms with Crippen molar-refractivity contribution in [2.45, 2.75) is 46.4 Å². The molecule has 4 rings (SSSR count). The number of aryl methyl sites for hydroxylation is 3. The fourth-order valence-electron chi connectivity index (χ4n) is 4.05. The molecule has 0 saturated carbocycles. The van der Waals surface area contributed by atoms with Crippen molar-refractivity contribution >= 4 is 34.4 Å². The molecule has 6 nitrogen and oxygen atoms in total. The molecule has 1 fully saturated rings. The number of hydrogen-bond donors (Lipinski definition) is 3. The van der Waals surface area contributed by atoms with E-state index in [2.05, 4.69) is 51.9 Å². The van der Waals surface area contributed by atoms with Crippen LogP contribution in [0.2, 0.25) is 5.02 Å². The van der Waals surface area contributed by atoms with E-state index in [-0.39, 0.29) is 17.9 Å². The van der Waals surface area contributed by atoms with Gasteiger partial charge in [-0.1, -0.05) is 35.4 Å². The van der Waals surface area contributed by atoms with Crippen LogP contribution in [-0.2, 0) is 11.2 Å². The minimum atomic E-state index is -0.434. The molecule has 156 valence electrons. The van der Waals surface area contributed by atoms with E-state index in [1.165, 1.54) is 5.56 Å². The molecule has 3 unspecified atom stereocenters. The molecule has 0 spiro atoms. The molecular formula is C23H26ClN5O. The highest BCUT2D eigenvalue weighted by Crippen LogP contribution is 2.23. The van der Waals surface area contributed by atoms with Crippen LogP contribution in [0.5, 0.6) is 0 Å². The van der Waals surface area contributed by atoms with Gasteiger partial charge in [-0.15, -0.1) is 0 Å². The molecule has 3 N–H and O–H groups in total. The third kappa shape index (κ3) is 4.25. The van der Waals surface area contributed by atoms with Crippen molar-refractivity contribution in [2.24, 2.45) is 5.92 Å². The highest BCUT2D eigenvalue weighted by atomic mass is 35.5. The number of amides is 1. The molecule has 2 aromatic carbocycles. The third-order valence-corrected chi connectivity index (χ3v) is 5.88. The minimum Gasteiger partial charge on any atom is -0.323 e. The van der Waals surface area contributed by atoms with E-state index in [0.717, 1.165) is 27.7 Å². The molecule has 0 radical (unpaired) electrons. The zero-order chi connectivity index (χ0) is 21.4. The Bertz CT molecular complexity index is 1100. The van der Waals surface area contributed by atoms with Crippen molar-refractivity contribution in [1.82, 2.24) is 20.6 Å². The summed E-state index contributed by atoms with van der Waals surface area (Å²) in [6, 6.07) is 11.8. The Kier molecular flexibility index (Phi) is 5.62. The molecule has 2 heterocycles. The lowest BCUT2D eigenvalue weighted by Crippen LogP contribution is -2.63. The van der Waals surface area contributed by atoms with Crippen LogP contribution in [0.15, 0.2) is 36.4 Å². The van der Waals surface area contributed by atoms with E-state index in [1.54, 1.807) is 0 Å². The molecule has 30 heavy (non-hydrogen) atoms. The quantitative estimate of drug-likeness (QED) is 0.593. The van der Waals surface area contributed by atoms with Gasteiger partial charge in [0.25, 0.3) is 0 Å².